The molecular weight excluding hydrogens is 392 g/mol. The van der Waals surface area contributed by atoms with Crippen LogP contribution in [0.25, 0.3) is 0 Å². The van der Waals surface area contributed by atoms with Gasteiger partial charge in [0.1, 0.15) is 5.76 Å². The number of carbonyl (C=O) groups excluding carboxylic acids is 2. The Balaban J connectivity index is 1.90. The van der Waals surface area contributed by atoms with E-state index >= 15 is 0 Å². The van der Waals surface area contributed by atoms with Gasteiger partial charge in [-0.2, -0.15) is 0 Å². The summed E-state index contributed by atoms with van der Waals surface area (Å²) in [6.07, 6.45) is 2.51. The molecule has 0 bridgehead atoms. The molecule has 1 atom stereocenters. The first-order valence-corrected chi connectivity index (χ1v) is 10.3. The average Bonchev–Trinajstić information content (AvgIpc) is 3.16. The van der Waals surface area contributed by atoms with Crippen molar-refractivity contribution >= 4 is 23.4 Å². The molecule has 1 unspecified atom stereocenters. The standard InChI is InChI=1S/C22H27ClN2O4/c1-12-4-5-14(10-18(12)23)13(2)20-17(11-19(29-20)22(28)24-3)21(27)25-15-6-8-16(26)9-7-15/h4-5,10-11,13,15-16,26H,6-9H2,1-3H3,(H,24,28)(H,25,27)/t13?,15-,16-. The number of halogens is 1. The van der Waals surface area contributed by atoms with E-state index in [9.17, 15) is 14.7 Å². The fourth-order valence-electron chi connectivity index (χ4n) is 3.65. The van der Waals surface area contributed by atoms with Gasteiger partial charge >= 0.3 is 0 Å². The Bertz CT molecular complexity index is 900. The van der Waals surface area contributed by atoms with Crippen LogP contribution in [-0.2, 0) is 0 Å². The number of aliphatic hydroxyl groups excluding tert-OH is 1. The summed E-state index contributed by atoms with van der Waals surface area (Å²) >= 11 is 6.27. The van der Waals surface area contributed by atoms with Gasteiger partial charge in [-0.3, -0.25) is 9.59 Å². The van der Waals surface area contributed by atoms with Crippen molar-refractivity contribution in [1.82, 2.24) is 10.6 Å². The van der Waals surface area contributed by atoms with Crippen LogP contribution in [0.2, 0.25) is 5.02 Å². The van der Waals surface area contributed by atoms with Crippen molar-refractivity contribution in [2.24, 2.45) is 0 Å². The van der Waals surface area contributed by atoms with Crippen LogP contribution in [-0.4, -0.2) is 36.1 Å². The number of nitrogens with one attached hydrogen (secondary N) is 2. The average molecular weight is 419 g/mol. The number of rotatable bonds is 5. The molecule has 0 aliphatic heterocycles. The lowest BCUT2D eigenvalue weighted by Gasteiger charge is -2.26. The molecule has 1 aromatic carbocycles. The first kappa shape index (κ1) is 21.4. The zero-order valence-electron chi connectivity index (χ0n) is 16.9. The molecule has 1 aliphatic carbocycles. The van der Waals surface area contributed by atoms with E-state index in [1.165, 1.54) is 13.1 Å². The van der Waals surface area contributed by atoms with E-state index in [-0.39, 0.29) is 35.6 Å². The normalized spacial score (nSPS) is 20.2. The molecule has 1 fully saturated rings. The van der Waals surface area contributed by atoms with E-state index in [0.717, 1.165) is 24.0 Å². The van der Waals surface area contributed by atoms with Gasteiger partial charge in [-0.25, -0.2) is 0 Å². The summed E-state index contributed by atoms with van der Waals surface area (Å²) in [6.45, 7) is 3.84. The topological polar surface area (TPSA) is 91.6 Å². The van der Waals surface area contributed by atoms with Crippen LogP contribution in [0.3, 0.4) is 0 Å². The highest BCUT2D eigenvalue weighted by Gasteiger charge is 2.28. The predicted octanol–water partition coefficient (Wildman–Crippen LogP) is 3.79. The van der Waals surface area contributed by atoms with Crippen LogP contribution in [0.1, 0.15) is 76.3 Å². The van der Waals surface area contributed by atoms with Crippen molar-refractivity contribution < 1.29 is 19.1 Å². The Hall–Kier alpha value is -2.31. The predicted molar refractivity (Wildman–Crippen MR) is 112 cm³/mol. The highest BCUT2D eigenvalue weighted by Crippen LogP contribution is 2.32. The van der Waals surface area contributed by atoms with Crippen LogP contribution in [0, 0.1) is 6.92 Å². The molecule has 6 nitrogen and oxygen atoms in total. The van der Waals surface area contributed by atoms with E-state index in [1.807, 2.05) is 32.0 Å². The molecule has 0 spiro atoms. The number of aliphatic hydroxyl groups is 1. The highest BCUT2D eigenvalue weighted by molar-refractivity contribution is 6.31. The summed E-state index contributed by atoms with van der Waals surface area (Å²) in [5.74, 6) is -0.403. The van der Waals surface area contributed by atoms with Gasteiger partial charge in [-0.15, -0.1) is 0 Å². The van der Waals surface area contributed by atoms with Crippen LogP contribution < -0.4 is 10.6 Å². The second kappa shape index (κ2) is 9.01. The van der Waals surface area contributed by atoms with Crippen LogP contribution in [0.15, 0.2) is 28.7 Å². The summed E-state index contributed by atoms with van der Waals surface area (Å²) in [6, 6.07) is 7.21. The third-order valence-corrected chi connectivity index (χ3v) is 5.98. The smallest absolute Gasteiger partial charge is 0.286 e. The number of amides is 2. The Morgan fingerprint density at radius 3 is 2.48 bits per heavy atom. The summed E-state index contributed by atoms with van der Waals surface area (Å²) < 4.78 is 5.83. The van der Waals surface area contributed by atoms with Gasteiger partial charge in [0, 0.05) is 30.1 Å². The van der Waals surface area contributed by atoms with Crippen molar-refractivity contribution in [2.75, 3.05) is 7.05 Å². The molecule has 0 radical (unpaired) electrons. The van der Waals surface area contributed by atoms with Crippen LogP contribution in [0.4, 0.5) is 0 Å². The van der Waals surface area contributed by atoms with E-state index in [2.05, 4.69) is 10.6 Å². The number of aryl methyl sites for hydroxylation is 1. The zero-order valence-corrected chi connectivity index (χ0v) is 17.7. The second-order valence-corrected chi connectivity index (χ2v) is 8.08. The quantitative estimate of drug-likeness (QED) is 0.688. The van der Waals surface area contributed by atoms with Gasteiger partial charge < -0.3 is 20.2 Å². The maximum atomic E-state index is 13.0. The molecule has 29 heavy (non-hydrogen) atoms. The van der Waals surface area contributed by atoms with Gasteiger partial charge in [0.25, 0.3) is 11.8 Å². The number of hydrogen-bond donors (Lipinski definition) is 3. The van der Waals surface area contributed by atoms with Crippen molar-refractivity contribution in [2.45, 2.75) is 57.6 Å². The van der Waals surface area contributed by atoms with Gasteiger partial charge in [-0.05, 0) is 49.8 Å². The third-order valence-electron chi connectivity index (χ3n) is 5.58. The molecule has 3 N–H and O–H groups in total. The van der Waals surface area contributed by atoms with Crippen molar-refractivity contribution in [3.05, 3.63) is 57.5 Å². The summed E-state index contributed by atoms with van der Waals surface area (Å²) in [4.78, 5) is 25.1. The number of furan rings is 1. The lowest BCUT2D eigenvalue weighted by Crippen LogP contribution is -2.38. The van der Waals surface area contributed by atoms with E-state index < -0.39 is 0 Å². The molecular formula is C22H27ClN2O4. The first-order valence-electron chi connectivity index (χ1n) is 9.91. The van der Waals surface area contributed by atoms with Crippen molar-refractivity contribution in [1.29, 1.82) is 0 Å². The number of benzene rings is 1. The molecule has 1 saturated carbocycles. The molecule has 2 aromatic rings. The first-order chi connectivity index (χ1) is 13.8. The lowest BCUT2D eigenvalue weighted by molar-refractivity contribution is 0.0864. The van der Waals surface area contributed by atoms with Gasteiger partial charge in [0.15, 0.2) is 5.76 Å². The maximum absolute atomic E-state index is 13.0. The molecule has 3 rings (SSSR count). The molecule has 156 valence electrons. The van der Waals surface area contributed by atoms with Crippen molar-refractivity contribution in [3.8, 4) is 0 Å². The van der Waals surface area contributed by atoms with Crippen LogP contribution >= 0.6 is 11.6 Å². The van der Waals surface area contributed by atoms with Gasteiger partial charge in [0.2, 0.25) is 0 Å². The SMILES string of the molecule is CNC(=O)c1cc(C(=O)N[C@H]2CC[C@H](O)CC2)c(C(C)c2ccc(C)c(Cl)c2)o1. The Kier molecular flexibility index (Phi) is 6.65. The fourth-order valence-corrected chi connectivity index (χ4v) is 3.84. The minimum atomic E-state index is -0.389. The molecule has 2 amide bonds. The monoisotopic (exact) mass is 418 g/mol. The second-order valence-electron chi connectivity index (χ2n) is 7.68. The van der Waals surface area contributed by atoms with Crippen molar-refractivity contribution in [3.63, 3.8) is 0 Å². The molecule has 1 heterocycles. The Morgan fingerprint density at radius 1 is 1.17 bits per heavy atom. The Labute approximate surface area is 175 Å². The van der Waals surface area contributed by atoms with E-state index in [0.29, 0.717) is 29.2 Å². The van der Waals surface area contributed by atoms with E-state index in [1.54, 1.807) is 0 Å². The summed E-state index contributed by atoms with van der Waals surface area (Å²) in [5.41, 5.74) is 2.21. The van der Waals surface area contributed by atoms with Crippen LogP contribution in [0.5, 0.6) is 0 Å². The maximum Gasteiger partial charge on any atom is 0.286 e. The van der Waals surface area contributed by atoms with Gasteiger partial charge in [0.05, 0.1) is 11.7 Å². The zero-order chi connectivity index (χ0) is 21.1. The van der Waals surface area contributed by atoms with Gasteiger partial charge in [-0.1, -0.05) is 30.7 Å². The summed E-state index contributed by atoms with van der Waals surface area (Å²) in [7, 11) is 1.51. The minimum absolute atomic E-state index is 0.00114. The molecule has 7 heteroatoms. The third kappa shape index (κ3) is 4.82. The lowest BCUT2D eigenvalue weighted by atomic mass is 9.92. The molecule has 0 saturated heterocycles. The number of carbonyl (C=O) groups is 2. The molecule has 1 aromatic heterocycles. The highest BCUT2D eigenvalue weighted by atomic mass is 35.5. The largest absolute Gasteiger partial charge is 0.454 e. The summed E-state index contributed by atoms with van der Waals surface area (Å²) in [5, 5.41) is 15.9. The van der Waals surface area contributed by atoms with E-state index in [4.69, 9.17) is 16.0 Å². The fraction of sp³-hybridized carbons (Fsp3) is 0.455. The minimum Gasteiger partial charge on any atom is -0.454 e. The Morgan fingerprint density at radius 2 is 1.86 bits per heavy atom. The number of hydrogen-bond acceptors (Lipinski definition) is 4. The molecule has 1 aliphatic rings.